The van der Waals surface area contributed by atoms with E-state index in [-0.39, 0.29) is 17.7 Å². The number of aromatic nitrogens is 1. The van der Waals surface area contributed by atoms with Gasteiger partial charge in [-0.3, -0.25) is 9.59 Å². The first-order valence-electron chi connectivity index (χ1n) is 9.26. The van der Waals surface area contributed by atoms with Gasteiger partial charge in [0.05, 0.1) is 5.92 Å². The zero-order chi connectivity index (χ0) is 19.9. The lowest BCUT2D eigenvalue weighted by atomic mass is 9.95. The fourth-order valence-electron chi connectivity index (χ4n) is 3.02. The third-order valence-electron chi connectivity index (χ3n) is 4.48. The van der Waals surface area contributed by atoms with Crippen molar-refractivity contribution in [1.82, 2.24) is 4.98 Å². The first-order valence-corrected chi connectivity index (χ1v) is 9.26. The number of carbonyl (C=O) groups excluding carboxylic acids is 2. The van der Waals surface area contributed by atoms with E-state index < -0.39 is 0 Å². The number of hydrogen-bond donors (Lipinski definition) is 2. The minimum Gasteiger partial charge on any atom is -0.326 e. The molecule has 0 aliphatic heterocycles. The highest BCUT2D eigenvalue weighted by molar-refractivity contribution is 6.05. The summed E-state index contributed by atoms with van der Waals surface area (Å²) in [6.45, 7) is 3.92. The highest BCUT2D eigenvalue weighted by atomic mass is 16.2. The Morgan fingerprint density at radius 2 is 1.75 bits per heavy atom. The lowest BCUT2D eigenvalue weighted by Crippen LogP contribution is -2.21. The number of anilines is 2. The predicted molar refractivity (Wildman–Crippen MR) is 111 cm³/mol. The summed E-state index contributed by atoms with van der Waals surface area (Å²) in [6.07, 6.45) is 2.34. The highest BCUT2D eigenvalue weighted by Gasteiger charge is 2.19. The summed E-state index contributed by atoms with van der Waals surface area (Å²) in [5, 5.41) is 5.70. The van der Waals surface area contributed by atoms with Gasteiger partial charge in [0.25, 0.3) is 5.91 Å². The Labute approximate surface area is 164 Å². The molecule has 0 saturated heterocycles. The second kappa shape index (κ2) is 8.95. The predicted octanol–water partition coefficient (Wildman–Crippen LogP) is 4.77. The quantitative estimate of drug-likeness (QED) is 0.653. The molecule has 0 radical (unpaired) electrons. The van der Waals surface area contributed by atoms with Crippen molar-refractivity contribution in [3.63, 3.8) is 0 Å². The number of pyridine rings is 1. The topological polar surface area (TPSA) is 71.1 Å². The van der Waals surface area contributed by atoms with Gasteiger partial charge in [0, 0.05) is 17.4 Å². The molecule has 3 aromatic rings. The smallest absolute Gasteiger partial charge is 0.256 e. The normalized spacial score (nSPS) is 11.5. The number of aryl methyl sites for hydroxylation is 1. The van der Waals surface area contributed by atoms with Crippen molar-refractivity contribution in [2.24, 2.45) is 0 Å². The monoisotopic (exact) mass is 373 g/mol. The van der Waals surface area contributed by atoms with Crippen molar-refractivity contribution in [1.29, 1.82) is 0 Å². The van der Waals surface area contributed by atoms with Crippen molar-refractivity contribution in [3.8, 4) is 0 Å². The average molecular weight is 373 g/mol. The third-order valence-corrected chi connectivity index (χ3v) is 4.48. The molecule has 1 heterocycles. The van der Waals surface area contributed by atoms with Gasteiger partial charge in [-0.25, -0.2) is 4.98 Å². The standard InChI is InChI=1S/C23H23N3O2/c1-3-20(17-8-5-4-6-9-17)23(28)25-19-11-7-10-18(15-19)22(27)26-21-14-16(2)12-13-24-21/h4-15,20H,3H2,1-2H3,(H,25,28)(H,24,26,27)/t20-/m0/s1. The zero-order valence-electron chi connectivity index (χ0n) is 16.0. The van der Waals surface area contributed by atoms with E-state index in [9.17, 15) is 9.59 Å². The molecule has 0 fully saturated rings. The number of rotatable bonds is 6. The number of hydrogen-bond acceptors (Lipinski definition) is 3. The molecular weight excluding hydrogens is 350 g/mol. The van der Waals surface area contributed by atoms with E-state index in [0.717, 1.165) is 11.1 Å². The van der Waals surface area contributed by atoms with Crippen LogP contribution in [0.1, 0.15) is 40.7 Å². The summed E-state index contributed by atoms with van der Waals surface area (Å²) in [6, 6.07) is 20.2. The molecule has 0 aliphatic rings. The average Bonchev–Trinajstić information content (AvgIpc) is 2.69. The number of benzene rings is 2. The molecule has 2 N–H and O–H groups in total. The van der Waals surface area contributed by atoms with E-state index in [4.69, 9.17) is 0 Å². The molecule has 5 nitrogen and oxygen atoms in total. The maximum Gasteiger partial charge on any atom is 0.256 e. The number of nitrogens with zero attached hydrogens (tertiary/aromatic N) is 1. The van der Waals surface area contributed by atoms with E-state index >= 15 is 0 Å². The van der Waals surface area contributed by atoms with Gasteiger partial charge in [-0.05, 0) is 54.8 Å². The number of nitrogens with one attached hydrogen (secondary N) is 2. The van der Waals surface area contributed by atoms with Crippen LogP contribution < -0.4 is 10.6 Å². The molecule has 142 valence electrons. The molecular formula is C23H23N3O2. The van der Waals surface area contributed by atoms with Crippen LogP contribution in [0.4, 0.5) is 11.5 Å². The van der Waals surface area contributed by atoms with Crippen molar-refractivity contribution in [3.05, 3.63) is 89.6 Å². The van der Waals surface area contributed by atoms with Crippen LogP contribution in [0.3, 0.4) is 0 Å². The second-order valence-corrected chi connectivity index (χ2v) is 6.61. The minimum atomic E-state index is -0.274. The van der Waals surface area contributed by atoms with Crippen LogP contribution in [0.25, 0.3) is 0 Å². The van der Waals surface area contributed by atoms with Crippen molar-refractivity contribution in [2.75, 3.05) is 10.6 Å². The molecule has 5 heteroatoms. The zero-order valence-corrected chi connectivity index (χ0v) is 16.0. The van der Waals surface area contributed by atoms with Crippen LogP contribution in [0.15, 0.2) is 72.9 Å². The summed E-state index contributed by atoms with van der Waals surface area (Å²) < 4.78 is 0. The first kappa shape index (κ1) is 19.3. The third kappa shape index (κ3) is 4.82. The summed E-state index contributed by atoms with van der Waals surface area (Å²) in [7, 11) is 0. The van der Waals surface area contributed by atoms with E-state index in [0.29, 0.717) is 23.5 Å². The van der Waals surface area contributed by atoms with E-state index in [1.165, 1.54) is 0 Å². The maximum absolute atomic E-state index is 12.7. The van der Waals surface area contributed by atoms with Gasteiger partial charge >= 0.3 is 0 Å². The highest BCUT2D eigenvalue weighted by Crippen LogP contribution is 2.22. The molecule has 1 aromatic heterocycles. The Balaban J connectivity index is 1.72. The van der Waals surface area contributed by atoms with Crippen LogP contribution in [-0.4, -0.2) is 16.8 Å². The van der Waals surface area contributed by atoms with Gasteiger partial charge in [0.2, 0.25) is 5.91 Å². The molecule has 0 unspecified atom stereocenters. The SMILES string of the molecule is CC[C@H](C(=O)Nc1cccc(C(=O)Nc2cc(C)ccn2)c1)c1ccccc1. The van der Waals surface area contributed by atoms with Crippen molar-refractivity contribution >= 4 is 23.3 Å². The van der Waals surface area contributed by atoms with Gasteiger partial charge in [-0.15, -0.1) is 0 Å². The Morgan fingerprint density at radius 3 is 2.46 bits per heavy atom. The van der Waals surface area contributed by atoms with Crippen LogP contribution in [0, 0.1) is 6.92 Å². The van der Waals surface area contributed by atoms with Gasteiger partial charge < -0.3 is 10.6 Å². The first-order chi connectivity index (χ1) is 13.6. The van der Waals surface area contributed by atoms with Crippen LogP contribution in [0.2, 0.25) is 0 Å². The van der Waals surface area contributed by atoms with Crippen LogP contribution in [-0.2, 0) is 4.79 Å². The van der Waals surface area contributed by atoms with Crippen molar-refractivity contribution < 1.29 is 9.59 Å². The minimum absolute atomic E-state index is 0.0911. The van der Waals surface area contributed by atoms with Crippen LogP contribution >= 0.6 is 0 Å². The number of carbonyl (C=O) groups is 2. The van der Waals surface area contributed by atoms with Crippen molar-refractivity contribution in [2.45, 2.75) is 26.2 Å². The fourth-order valence-corrected chi connectivity index (χ4v) is 3.02. The van der Waals surface area contributed by atoms with Gasteiger partial charge in [0.15, 0.2) is 0 Å². The summed E-state index contributed by atoms with van der Waals surface area (Å²) in [5.74, 6) is -0.111. The lowest BCUT2D eigenvalue weighted by Gasteiger charge is -2.16. The Hall–Kier alpha value is -3.47. The molecule has 2 aromatic carbocycles. The molecule has 0 saturated carbocycles. The Kier molecular flexibility index (Phi) is 6.17. The van der Waals surface area contributed by atoms with Gasteiger partial charge in [-0.2, -0.15) is 0 Å². The largest absolute Gasteiger partial charge is 0.326 e. The summed E-state index contributed by atoms with van der Waals surface area (Å²) in [5.41, 5.74) is 3.03. The maximum atomic E-state index is 12.7. The van der Waals surface area contributed by atoms with E-state index in [1.807, 2.05) is 50.2 Å². The van der Waals surface area contributed by atoms with E-state index in [2.05, 4.69) is 15.6 Å². The molecule has 3 rings (SSSR count). The van der Waals surface area contributed by atoms with Gasteiger partial charge in [-0.1, -0.05) is 43.3 Å². The Morgan fingerprint density at radius 1 is 0.964 bits per heavy atom. The Bertz CT molecular complexity index is 970. The lowest BCUT2D eigenvalue weighted by molar-refractivity contribution is -0.117. The molecule has 1 atom stereocenters. The fraction of sp³-hybridized carbons (Fsp3) is 0.174. The van der Waals surface area contributed by atoms with E-state index in [1.54, 1.807) is 36.5 Å². The summed E-state index contributed by atoms with van der Waals surface area (Å²) >= 11 is 0. The van der Waals surface area contributed by atoms with Crippen LogP contribution in [0.5, 0.6) is 0 Å². The number of amides is 2. The molecule has 0 bridgehead atoms. The summed E-state index contributed by atoms with van der Waals surface area (Å²) in [4.78, 5) is 29.4. The molecule has 28 heavy (non-hydrogen) atoms. The molecule has 0 spiro atoms. The second-order valence-electron chi connectivity index (χ2n) is 6.61. The molecule has 2 amide bonds. The van der Waals surface area contributed by atoms with Gasteiger partial charge in [0.1, 0.15) is 5.82 Å². The molecule has 0 aliphatic carbocycles.